The Morgan fingerprint density at radius 3 is 2.67 bits per heavy atom. The average molecular weight is 252 g/mol. The highest BCUT2D eigenvalue weighted by atomic mass is 19.1. The SMILES string of the molecule is COc1ccc(C(=O)NN2CCCCC2)c(F)c1. The molecule has 0 aliphatic carbocycles. The maximum atomic E-state index is 13.7. The van der Waals surface area contributed by atoms with Gasteiger partial charge in [-0.05, 0) is 25.0 Å². The molecule has 1 aliphatic rings. The molecule has 18 heavy (non-hydrogen) atoms. The van der Waals surface area contributed by atoms with Crippen LogP contribution in [0.4, 0.5) is 4.39 Å². The Morgan fingerprint density at radius 2 is 2.06 bits per heavy atom. The summed E-state index contributed by atoms with van der Waals surface area (Å²) >= 11 is 0. The maximum absolute atomic E-state index is 13.7. The lowest BCUT2D eigenvalue weighted by Crippen LogP contribution is -2.45. The standard InChI is InChI=1S/C13H17FN2O2/c1-18-10-5-6-11(12(14)9-10)13(17)15-16-7-3-2-4-8-16/h5-6,9H,2-4,7-8H2,1H3,(H,15,17). The Kier molecular flexibility index (Phi) is 4.15. The summed E-state index contributed by atoms with van der Waals surface area (Å²) in [6, 6.07) is 4.23. The van der Waals surface area contributed by atoms with Gasteiger partial charge in [0.1, 0.15) is 11.6 Å². The van der Waals surface area contributed by atoms with Gasteiger partial charge in [-0.25, -0.2) is 9.40 Å². The minimum atomic E-state index is -0.566. The van der Waals surface area contributed by atoms with Gasteiger partial charge in [0, 0.05) is 19.2 Å². The highest BCUT2D eigenvalue weighted by molar-refractivity contribution is 5.94. The van der Waals surface area contributed by atoms with E-state index < -0.39 is 11.7 Å². The fraction of sp³-hybridized carbons (Fsp3) is 0.462. The van der Waals surface area contributed by atoms with Crippen LogP contribution in [0.5, 0.6) is 5.75 Å². The molecule has 1 aliphatic heterocycles. The molecule has 2 rings (SSSR count). The molecule has 4 nitrogen and oxygen atoms in total. The third kappa shape index (κ3) is 2.98. The number of carbonyl (C=O) groups excluding carboxylic acids is 1. The zero-order valence-electron chi connectivity index (χ0n) is 10.4. The van der Waals surface area contributed by atoms with E-state index in [1.807, 2.05) is 5.01 Å². The van der Waals surface area contributed by atoms with Gasteiger partial charge in [0.15, 0.2) is 0 Å². The van der Waals surface area contributed by atoms with Crippen LogP contribution in [-0.4, -0.2) is 31.1 Å². The molecular formula is C13H17FN2O2. The zero-order chi connectivity index (χ0) is 13.0. The summed E-state index contributed by atoms with van der Waals surface area (Å²) in [5, 5.41) is 1.84. The molecule has 0 atom stereocenters. The van der Waals surface area contributed by atoms with E-state index in [1.54, 1.807) is 6.07 Å². The Balaban J connectivity index is 2.03. The molecule has 1 fully saturated rings. The number of amides is 1. The van der Waals surface area contributed by atoms with Gasteiger partial charge in [-0.3, -0.25) is 10.2 Å². The van der Waals surface area contributed by atoms with Crippen molar-refractivity contribution in [3.8, 4) is 5.75 Å². The van der Waals surface area contributed by atoms with Gasteiger partial charge < -0.3 is 4.74 Å². The molecule has 1 N–H and O–H groups in total. The van der Waals surface area contributed by atoms with Gasteiger partial charge in [0.25, 0.3) is 5.91 Å². The number of hydrogen-bond donors (Lipinski definition) is 1. The number of halogens is 1. The van der Waals surface area contributed by atoms with E-state index in [1.165, 1.54) is 25.7 Å². The van der Waals surface area contributed by atoms with Crippen LogP contribution in [0.25, 0.3) is 0 Å². The van der Waals surface area contributed by atoms with Crippen LogP contribution in [0.1, 0.15) is 29.6 Å². The summed E-state index contributed by atoms with van der Waals surface area (Å²) in [7, 11) is 1.46. The van der Waals surface area contributed by atoms with Crippen molar-refractivity contribution in [1.29, 1.82) is 0 Å². The quantitative estimate of drug-likeness (QED) is 0.894. The lowest BCUT2D eigenvalue weighted by Gasteiger charge is -2.26. The van der Waals surface area contributed by atoms with Crippen LogP contribution < -0.4 is 10.2 Å². The van der Waals surface area contributed by atoms with E-state index in [4.69, 9.17) is 4.74 Å². The maximum Gasteiger partial charge on any atom is 0.268 e. The molecular weight excluding hydrogens is 235 g/mol. The van der Waals surface area contributed by atoms with Crippen molar-refractivity contribution in [1.82, 2.24) is 10.4 Å². The van der Waals surface area contributed by atoms with Crippen LogP contribution in [0, 0.1) is 5.82 Å². The van der Waals surface area contributed by atoms with Crippen molar-refractivity contribution in [3.05, 3.63) is 29.6 Å². The lowest BCUT2D eigenvalue weighted by molar-refractivity contribution is 0.0746. The summed E-state index contributed by atoms with van der Waals surface area (Å²) in [6.07, 6.45) is 3.31. The predicted octanol–water partition coefficient (Wildman–Crippen LogP) is 1.97. The fourth-order valence-corrected chi connectivity index (χ4v) is 2.02. The first-order chi connectivity index (χ1) is 8.70. The molecule has 0 unspecified atom stereocenters. The van der Waals surface area contributed by atoms with Gasteiger partial charge in [-0.1, -0.05) is 6.42 Å². The Labute approximate surface area is 106 Å². The number of rotatable bonds is 3. The molecule has 5 heteroatoms. The molecule has 0 bridgehead atoms. The number of nitrogens with one attached hydrogen (secondary N) is 1. The first-order valence-corrected chi connectivity index (χ1v) is 6.10. The minimum Gasteiger partial charge on any atom is -0.497 e. The van der Waals surface area contributed by atoms with Crippen molar-refractivity contribution in [2.75, 3.05) is 20.2 Å². The smallest absolute Gasteiger partial charge is 0.268 e. The number of piperidine rings is 1. The van der Waals surface area contributed by atoms with E-state index in [-0.39, 0.29) is 5.56 Å². The first kappa shape index (κ1) is 12.8. The summed E-state index contributed by atoms with van der Waals surface area (Å²) in [4.78, 5) is 11.9. The molecule has 0 saturated carbocycles. The molecule has 0 radical (unpaired) electrons. The van der Waals surface area contributed by atoms with Gasteiger partial charge in [0.2, 0.25) is 0 Å². The van der Waals surface area contributed by atoms with Crippen LogP contribution in [0.3, 0.4) is 0 Å². The predicted molar refractivity (Wildman–Crippen MR) is 65.8 cm³/mol. The average Bonchev–Trinajstić information content (AvgIpc) is 2.39. The third-order valence-corrected chi connectivity index (χ3v) is 3.04. The third-order valence-electron chi connectivity index (χ3n) is 3.04. The highest BCUT2D eigenvalue weighted by Gasteiger charge is 2.17. The van der Waals surface area contributed by atoms with Crippen molar-refractivity contribution in [3.63, 3.8) is 0 Å². The number of carbonyl (C=O) groups is 1. The second-order valence-corrected chi connectivity index (χ2v) is 4.33. The largest absolute Gasteiger partial charge is 0.497 e. The molecule has 0 spiro atoms. The molecule has 1 heterocycles. The number of nitrogens with zero attached hydrogens (tertiary/aromatic N) is 1. The van der Waals surface area contributed by atoms with E-state index in [0.717, 1.165) is 25.9 Å². The Hall–Kier alpha value is -1.62. The minimum absolute atomic E-state index is 0.0429. The second-order valence-electron chi connectivity index (χ2n) is 4.33. The molecule has 1 amide bonds. The van der Waals surface area contributed by atoms with Crippen LogP contribution >= 0.6 is 0 Å². The lowest BCUT2D eigenvalue weighted by atomic mass is 10.1. The van der Waals surface area contributed by atoms with Gasteiger partial charge in [-0.15, -0.1) is 0 Å². The summed E-state index contributed by atoms with van der Waals surface area (Å²) in [5.74, 6) is -0.567. The summed E-state index contributed by atoms with van der Waals surface area (Å²) < 4.78 is 18.6. The van der Waals surface area contributed by atoms with Crippen molar-refractivity contribution >= 4 is 5.91 Å². The normalized spacial score (nSPS) is 16.3. The van der Waals surface area contributed by atoms with E-state index >= 15 is 0 Å². The number of methoxy groups -OCH3 is 1. The summed E-state index contributed by atoms with van der Waals surface area (Å²) in [6.45, 7) is 1.65. The topological polar surface area (TPSA) is 41.6 Å². The first-order valence-electron chi connectivity index (χ1n) is 6.10. The van der Waals surface area contributed by atoms with Crippen LogP contribution in [0.15, 0.2) is 18.2 Å². The van der Waals surface area contributed by atoms with Crippen molar-refractivity contribution in [2.45, 2.75) is 19.3 Å². The molecule has 1 saturated heterocycles. The fourth-order valence-electron chi connectivity index (χ4n) is 2.02. The Morgan fingerprint density at radius 1 is 1.33 bits per heavy atom. The van der Waals surface area contributed by atoms with E-state index in [0.29, 0.717) is 5.75 Å². The molecule has 0 aromatic heterocycles. The number of hydrogen-bond acceptors (Lipinski definition) is 3. The van der Waals surface area contributed by atoms with Gasteiger partial charge in [0.05, 0.1) is 12.7 Å². The summed E-state index contributed by atoms with van der Waals surface area (Å²) in [5.41, 5.74) is 2.77. The zero-order valence-corrected chi connectivity index (χ0v) is 10.4. The van der Waals surface area contributed by atoms with E-state index in [2.05, 4.69) is 5.43 Å². The Bertz CT molecular complexity index is 431. The van der Waals surface area contributed by atoms with Gasteiger partial charge in [-0.2, -0.15) is 0 Å². The molecule has 1 aromatic carbocycles. The highest BCUT2D eigenvalue weighted by Crippen LogP contribution is 2.16. The van der Waals surface area contributed by atoms with Crippen LogP contribution in [0.2, 0.25) is 0 Å². The molecule has 1 aromatic rings. The van der Waals surface area contributed by atoms with Crippen molar-refractivity contribution < 1.29 is 13.9 Å². The van der Waals surface area contributed by atoms with Crippen molar-refractivity contribution in [2.24, 2.45) is 0 Å². The number of benzene rings is 1. The molecule has 98 valence electrons. The second kappa shape index (κ2) is 5.82. The van der Waals surface area contributed by atoms with Gasteiger partial charge >= 0.3 is 0 Å². The van der Waals surface area contributed by atoms with E-state index in [9.17, 15) is 9.18 Å². The number of ether oxygens (including phenoxy) is 1. The van der Waals surface area contributed by atoms with Crippen LogP contribution in [-0.2, 0) is 0 Å². The number of hydrazine groups is 1. The monoisotopic (exact) mass is 252 g/mol.